The van der Waals surface area contributed by atoms with Crippen LogP contribution in [0.15, 0.2) is 42.5 Å². The molecule has 7 heteroatoms. The number of carbonyl (C=O) groups is 3. The van der Waals surface area contributed by atoms with Crippen LogP contribution < -0.4 is 5.32 Å². The van der Waals surface area contributed by atoms with Gasteiger partial charge in [0.2, 0.25) is 0 Å². The molecule has 1 amide bonds. The lowest BCUT2D eigenvalue weighted by molar-refractivity contribution is 0.0672. The minimum absolute atomic E-state index is 0.0107. The third-order valence-corrected chi connectivity index (χ3v) is 5.45. The number of Topliss-reactive ketones (excluding diaryl/α,β-unsaturated/α-hetero) is 1. The summed E-state index contributed by atoms with van der Waals surface area (Å²) in [6, 6.07) is 11.9. The highest BCUT2D eigenvalue weighted by Gasteiger charge is 2.23. The highest BCUT2D eigenvalue weighted by atomic mass is 16.4. The summed E-state index contributed by atoms with van der Waals surface area (Å²) in [7, 11) is 0. The summed E-state index contributed by atoms with van der Waals surface area (Å²) >= 11 is 0. The van der Waals surface area contributed by atoms with E-state index < -0.39 is 12.1 Å². The summed E-state index contributed by atoms with van der Waals surface area (Å²) in [5.41, 5.74) is 2.05. The molecule has 2 aromatic rings. The van der Waals surface area contributed by atoms with Crippen LogP contribution >= 0.6 is 0 Å². The molecule has 178 valence electrons. The van der Waals surface area contributed by atoms with Crippen LogP contribution in [-0.4, -0.2) is 59.0 Å². The van der Waals surface area contributed by atoms with Crippen molar-refractivity contribution in [3.8, 4) is 0 Å². The van der Waals surface area contributed by atoms with Gasteiger partial charge in [0.15, 0.2) is 5.78 Å². The molecule has 2 aromatic carbocycles. The van der Waals surface area contributed by atoms with Crippen LogP contribution in [0.3, 0.4) is 0 Å². The Balaban J connectivity index is 2.06. The Labute approximate surface area is 195 Å². The quantitative estimate of drug-likeness (QED) is 0.334. The van der Waals surface area contributed by atoms with Crippen molar-refractivity contribution < 1.29 is 24.6 Å². The number of aromatic carboxylic acids is 1. The van der Waals surface area contributed by atoms with Crippen molar-refractivity contribution in [1.82, 2.24) is 10.2 Å². The Kier molecular flexibility index (Phi) is 9.75. The summed E-state index contributed by atoms with van der Waals surface area (Å²) in [5, 5.41) is 23.4. The Morgan fingerprint density at radius 1 is 1.03 bits per heavy atom. The fourth-order valence-electron chi connectivity index (χ4n) is 3.76. The van der Waals surface area contributed by atoms with Crippen LogP contribution in [-0.2, 0) is 6.42 Å². The predicted molar refractivity (Wildman–Crippen MR) is 128 cm³/mol. The molecule has 0 bridgehead atoms. The second-order valence-electron chi connectivity index (χ2n) is 8.53. The molecule has 0 aliphatic carbocycles. The second-order valence-corrected chi connectivity index (χ2v) is 8.53. The number of amides is 1. The van der Waals surface area contributed by atoms with Crippen molar-refractivity contribution in [3.05, 3.63) is 70.3 Å². The van der Waals surface area contributed by atoms with Crippen LogP contribution in [0.1, 0.15) is 76.0 Å². The van der Waals surface area contributed by atoms with E-state index in [2.05, 4.69) is 5.32 Å². The van der Waals surface area contributed by atoms with Gasteiger partial charge in [-0.05, 0) is 56.0 Å². The van der Waals surface area contributed by atoms with E-state index in [-0.39, 0.29) is 35.3 Å². The molecule has 0 fully saturated rings. The van der Waals surface area contributed by atoms with Gasteiger partial charge in [-0.1, -0.05) is 44.2 Å². The SMILES string of the molecule is CCN(CC(C)C)C(=O)c1ccc(C(O)CNCCc2ccccc2C(C)=O)cc1C(=O)O. The van der Waals surface area contributed by atoms with Crippen molar-refractivity contribution in [1.29, 1.82) is 0 Å². The highest BCUT2D eigenvalue weighted by Crippen LogP contribution is 2.20. The van der Waals surface area contributed by atoms with E-state index in [0.29, 0.717) is 37.2 Å². The first-order valence-corrected chi connectivity index (χ1v) is 11.3. The zero-order valence-corrected chi connectivity index (χ0v) is 19.8. The molecule has 0 saturated heterocycles. The molecule has 1 atom stereocenters. The van der Waals surface area contributed by atoms with Gasteiger partial charge < -0.3 is 20.4 Å². The molecule has 0 heterocycles. The third-order valence-electron chi connectivity index (χ3n) is 5.45. The van der Waals surface area contributed by atoms with E-state index in [4.69, 9.17) is 0 Å². The van der Waals surface area contributed by atoms with Crippen LogP contribution in [0.25, 0.3) is 0 Å². The van der Waals surface area contributed by atoms with Gasteiger partial charge in [0.1, 0.15) is 0 Å². The largest absolute Gasteiger partial charge is 0.478 e. The summed E-state index contributed by atoms with van der Waals surface area (Å²) in [5.74, 6) is -1.26. The smallest absolute Gasteiger partial charge is 0.336 e. The van der Waals surface area contributed by atoms with E-state index in [1.165, 1.54) is 19.1 Å². The van der Waals surface area contributed by atoms with E-state index in [1.54, 1.807) is 17.0 Å². The first kappa shape index (κ1) is 26.2. The minimum atomic E-state index is -1.21. The number of carboxylic acids is 1. The van der Waals surface area contributed by atoms with Gasteiger partial charge in [-0.2, -0.15) is 0 Å². The Morgan fingerprint density at radius 2 is 1.73 bits per heavy atom. The fraction of sp³-hybridized carbons (Fsp3) is 0.423. The first-order chi connectivity index (χ1) is 15.6. The summed E-state index contributed by atoms with van der Waals surface area (Å²) in [4.78, 5) is 38.1. The maximum atomic E-state index is 12.9. The van der Waals surface area contributed by atoms with Gasteiger partial charge in [0.05, 0.1) is 17.2 Å². The molecule has 1 unspecified atom stereocenters. The summed E-state index contributed by atoms with van der Waals surface area (Å²) < 4.78 is 0. The number of ketones is 1. The number of nitrogens with zero attached hydrogens (tertiary/aromatic N) is 1. The fourth-order valence-corrected chi connectivity index (χ4v) is 3.76. The van der Waals surface area contributed by atoms with Crippen molar-refractivity contribution in [2.75, 3.05) is 26.2 Å². The molecule has 2 rings (SSSR count). The summed E-state index contributed by atoms with van der Waals surface area (Å²) in [6.45, 7) is 9.17. The maximum absolute atomic E-state index is 12.9. The zero-order valence-electron chi connectivity index (χ0n) is 19.8. The van der Waals surface area contributed by atoms with Crippen LogP contribution in [0, 0.1) is 5.92 Å². The molecule has 0 aliphatic rings. The number of benzene rings is 2. The van der Waals surface area contributed by atoms with Crippen molar-refractivity contribution in [3.63, 3.8) is 0 Å². The standard InChI is InChI=1S/C26H34N2O5/c1-5-28(16-17(2)3)25(31)22-11-10-20(14-23(22)26(32)33)24(30)15-27-13-12-19-8-6-7-9-21(19)18(4)29/h6-11,14,17,24,27,30H,5,12-13,15-16H2,1-4H3,(H,32,33). The lowest BCUT2D eigenvalue weighted by atomic mass is 9.99. The van der Waals surface area contributed by atoms with Crippen molar-refractivity contribution in [2.24, 2.45) is 5.92 Å². The maximum Gasteiger partial charge on any atom is 0.336 e. The van der Waals surface area contributed by atoms with Crippen LogP contribution in [0.2, 0.25) is 0 Å². The van der Waals surface area contributed by atoms with Crippen LogP contribution in [0.5, 0.6) is 0 Å². The van der Waals surface area contributed by atoms with Gasteiger partial charge in [-0.3, -0.25) is 9.59 Å². The molecular weight excluding hydrogens is 420 g/mol. The topological polar surface area (TPSA) is 107 Å². The first-order valence-electron chi connectivity index (χ1n) is 11.3. The number of aliphatic hydroxyl groups excluding tert-OH is 1. The second kappa shape index (κ2) is 12.3. The zero-order chi connectivity index (χ0) is 24.5. The highest BCUT2D eigenvalue weighted by molar-refractivity contribution is 6.05. The number of carboxylic acid groups (broad SMARTS) is 1. The molecule has 3 N–H and O–H groups in total. The molecule has 0 saturated carbocycles. The van der Waals surface area contributed by atoms with Gasteiger partial charge in [0.25, 0.3) is 5.91 Å². The Morgan fingerprint density at radius 3 is 2.33 bits per heavy atom. The number of hydrogen-bond donors (Lipinski definition) is 3. The van der Waals surface area contributed by atoms with E-state index >= 15 is 0 Å². The lowest BCUT2D eigenvalue weighted by Gasteiger charge is -2.24. The van der Waals surface area contributed by atoms with E-state index in [1.807, 2.05) is 39.0 Å². The van der Waals surface area contributed by atoms with Crippen LogP contribution in [0.4, 0.5) is 0 Å². The Bertz CT molecular complexity index is 986. The minimum Gasteiger partial charge on any atom is -0.478 e. The molecule has 0 spiro atoms. The van der Waals surface area contributed by atoms with E-state index in [0.717, 1.165) is 5.56 Å². The van der Waals surface area contributed by atoms with E-state index in [9.17, 15) is 24.6 Å². The molecule has 0 aromatic heterocycles. The normalized spacial score (nSPS) is 11.9. The van der Waals surface area contributed by atoms with Crippen molar-refractivity contribution in [2.45, 2.75) is 40.2 Å². The average molecular weight is 455 g/mol. The number of nitrogens with one attached hydrogen (secondary N) is 1. The van der Waals surface area contributed by atoms with Gasteiger partial charge in [-0.25, -0.2) is 4.79 Å². The Hall–Kier alpha value is -3.03. The van der Waals surface area contributed by atoms with Crippen molar-refractivity contribution >= 4 is 17.7 Å². The van der Waals surface area contributed by atoms with Gasteiger partial charge in [0, 0.05) is 25.2 Å². The molecule has 7 nitrogen and oxygen atoms in total. The van der Waals surface area contributed by atoms with Gasteiger partial charge in [-0.15, -0.1) is 0 Å². The monoisotopic (exact) mass is 454 g/mol. The number of aliphatic hydroxyl groups is 1. The molecule has 0 aliphatic heterocycles. The lowest BCUT2D eigenvalue weighted by Crippen LogP contribution is -2.35. The molecular formula is C26H34N2O5. The van der Waals surface area contributed by atoms with Gasteiger partial charge >= 0.3 is 5.97 Å². The number of hydrogen-bond acceptors (Lipinski definition) is 5. The average Bonchev–Trinajstić information content (AvgIpc) is 2.79. The summed E-state index contributed by atoms with van der Waals surface area (Å²) in [6.07, 6.45) is -0.313. The molecule has 33 heavy (non-hydrogen) atoms. The number of carbonyl (C=O) groups excluding carboxylic acids is 2. The predicted octanol–water partition coefficient (Wildman–Crippen LogP) is 3.57. The molecule has 0 radical (unpaired) electrons. The third kappa shape index (κ3) is 7.23. The number of rotatable bonds is 12.